The molecule has 0 aliphatic rings. The van der Waals surface area contributed by atoms with Crippen molar-refractivity contribution in [2.24, 2.45) is 0 Å². The summed E-state index contributed by atoms with van der Waals surface area (Å²) in [5.41, 5.74) is 0. The Bertz CT molecular complexity index is 103. The fourth-order valence-electron chi connectivity index (χ4n) is 0.371. The molecule has 0 aromatic heterocycles. The Labute approximate surface area is 59.9 Å². The molecule has 0 spiro atoms. The highest BCUT2D eigenvalue weighted by Crippen LogP contribution is 1.97. The number of halogens is 1. The van der Waals surface area contributed by atoms with Crippen molar-refractivity contribution in [2.75, 3.05) is 7.05 Å². The summed E-state index contributed by atoms with van der Waals surface area (Å²) < 4.78 is 0. The van der Waals surface area contributed by atoms with Crippen LogP contribution in [-0.2, 0) is 4.79 Å². The van der Waals surface area contributed by atoms with E-state index in [1.807, 2.05) is 6.08 Å². The lowest BCUT2D eigenvalue weighted by atomic mass is 10.3. The smallest absolute Gasteiger partial charge is 0.138 e. The number of aldehydes is 1. The minimum absolute atomic E-state index is 0.380. The second kappa shape index (κ2) is 5.63. The molecule has 0 aliphatic heterocycles. The average molecular weight is 148 g/mol. The Kier molecular flexibility index (Phi) is 5.32. The van der Waals surface area contributed by atoms with Crippen LogP contribution in [-0.4, -0.2) is 18.7 Å². The summed E-state index contributed by atoms with van der Waals surface area (Å²) in [6.07, 6.45) is 4.87. The maximum atomic E-state index is 9.91. The summed E-state index contributed by atoms with van der Waals surface area (Å²) in [5, 5.41) is 2.41. The number of carbonyl (C=O) groups excluding carboxylic acids is 1. The molecule has 3 heteroatoms. The Hall–Kier alpha value is -0.500. The fourth-order valence-corrected chi connectivity index (χ4v) is 0.474. The Morgan fingerprint density at radius 3 is 2.89 bits per heavy atom. The molecule has 0 aromatic rings. The average Bonchev–Trinajstić information content (AvgIpc) is 1.89. The quantitative estimate of drug-likeness (QED) is 0.473. The zero-order valence-corrected chi connectivity index (χ0v) is 6.06. The molecule has 2 nitrogen and oxygen atoms in total. The van der Waals surface area contributed by atoms with Gasteiger partial charge in [0.2, 0.25) is 0 Å². The molecule has 1 atom stereocenters. The summed E-state index contributed by atoms with van der Waals surface area (Å²) in [7, 11) is 1.79. The van der Waals surface area contributed by atoms with Crippen molar-refractivity contribution in [1.82, 2.24) is 5.32 Å². The van der Waals surface area contributed by atoms with E-state index < -0.39 is 0 Å². The van der Waals surface area contributed by atoms with E-state index in [2.05, 4.69) is 5.32 Å². The predicted molar refractivity (Wildman–Crippen MR) is 38.5 cm³/mol. The van der Waals surface area contributed by atoms with Crippen molar-refractivity contribution in [1.29, 1.82) is 0 Å². The van der Waals surface area contributed by atoms with Crippen molar-refractivity contribution >= 4 is 17.9 Å². The van der Waals surface area contributed by atoms with Gasteiger partial charge in [0.25, 0.3) is 0 Å². The molecule has 0 rings (SSSR count). The van der Waals surface area contributed by atoms with Gasteiger partial charge >= 0.3 is 0 Å². The van der Waals surface area contributed by atoms with E-state index in [0.717, 1.165) is 6.29 Å². The molecular formula is C6H10ClNO. The van der Waals surface area contributed by atoms with Crippen molar-refractivity contribution < 1.29 is 4.79 Å². The van der Waals surface area contributed by atoms with Crippen molar-refractivity contribution in [3.8, 4) is 0 Å². The van der Waals surface area contributed by atoms with Crippen molar-refractivity contribution in [3.05, 3.63) is 12.3 Å². The highest BCUT2D eigenvalue weighted by atomic mass is 35.5. The van der Waals surface area contributed by atoms with Gasteiger partial charge in [0.05, 0.1) is 5.38 Å². The number of hydrogen-bond acceptors (Lipinski definition) is 2. The van der Waals surface area contributed by atoms with E-state index in [9.17, 15) is 4.79 Å². The Balaban J connectivity index is 3.25. The summed E-state index contributed by atoms with van der Waals surface area (Å²) in [4.78, 5) is 9.91. The van der Waals surface area contributed by atoms with Crippen LogP contribution >= 0.6 is 11.6 Å². The van der Waals surface area contributed by atoms with Crippen LogP contribution in [0.15, 0.2) is 12.3 Å². The van der Waals surface area contributed by atoms with Gasteiger partial charge in [0.1, 0.15) is 6.29 Å². The van der Waals surface area contributed by atoms with Crippen LogP contribution in [0.25, 0.3) is 0 Å². The minimum Gasteiger partial charge on any atom is -0.394 e. The van der Waals surface area contributed by atoms with Gasteiger partial charge < -0.3 is 10.1 Å². The second-order valence-electron chi connectivity index (χ2n) is 1.58. The van der Waals surface area contributed by atoms with Crippen molar-refractivity contribution in [3.63, 3.8) is 0 Å². The number of nitrogens with one attached hydrogen (secondary N) is 1. The van der Waals surface area contributed by atoms with Crippen LogP contribution in [0.1, 0.15) is 6.42 Å². The molecule has 1 N–H and O–H groups in total. The summed E-state index contributed by atoms with van der Waals surface area (Å²) >= 11 is 5.45. The van der Waals surface area contributed by atoms with E-state index in [0.29, 0.717) is 6.42 Å². The van der Waals surface area contributed by atoms with Gasteiger partial charge in [-0.3, -0.25) is 0 Å². The van der Waals surface area contributed by atoms with E-state index >= 15 is 0 Å². The summed E-state index contributed by atoms with van der Waals surface area (Å²) in [5.74, 6) is 0. The van der Waals surface area contributed by atoms with Gasteiger partial charge in [-0.1, -0.05) is 6.08 Å². The molecule has 0 heterocycles. The molecule has 9 heavy (non-hydrogen) atoms. The molecular weight excluding hydrogens is 138 g/mol. The zero-order chi connectivity index (χ0) is 7.11. The Morgan fingerprint density at radius 2 is 2.44 bits per heavy atom. The summed E-state index contributed by atoms with van der Waals surface area (Å²) in [6.45, 7) is 0. The third kappa shape index (κ3) is 5.37. The normalized spacial score (nSPS) is 13.6. The topological polar surface area (TPSA) is 29.1 Å². The minimum atomic E-state index is -0.380. The standard InChI is InChI=1S/C6H10ClNO/c1-8-4-2-3-6(7)5-9/h2,4-6,8H,3H2,1H3/b4-2-/t6-/m0/s1. The molecule has 0 amide bonds. The molecule has 0 radical (unpaired) electrons. The number of allylic oxidation sites excluding steroid dienone is 1. The zero-order valence-electron chi connectivity index (χ0n) is 5.30. The van der Waals surface area contributed by atoms with Gasteiger partial charge in [0, 0.05) is 7.05 Å². The maximum absolute atomic E-state index is 9.91. The second-order valence-corrected chi connectivity index (χ2v) is 2.14. The van der Waals surface area contributed by atoms with E-state index in [-0.39, 0.29) is 5.38 Å². The first kappa shape index (κ1) is 8.50. The van der Waals surface area contributed by atoms with Gasteiger partial charge in [-0.15, -0.1) is 11.6 Å². The van der Waals surface area contributed by atoms with Gasteiger partial charge in [0.15, 0.2) is 0 Å². The van der Waals surface area contributed by atoms with Gasteiger partial charge in [-0.25, -0.2) is 0 Å². The first-order valence-corrected chi connectivity index (χ1v) is 3.16. The van der Waals surface area contributed by atoms with E-state index in [4.69, 9.17) is 11.6 Å². The first-order chi connectivity index (χ1) is 4.31. The molecule has 0 aliphatic carbocycles. The van der Waals surface area contributed by atoms with Crippen LogP contribution in [0.4, 0.5) is 0 Å². The third-order valence-corrected chi connectivity index (χ3v) is 1.07. The molecule has 0 bridgehead atoms. The van der Waals surface area contributed by atoms with E-state index in [1.54, 1.807) is 13.2 Å². The number of carbonyl (C=O) groups is 1. The van der Waals surface area contributed by atoms with Gasteiger partial charge in [-0.05, 0) is 12.6 Å². The van der Waals surface area contributed by atoms with E-state index in [1.165, 1.54) is 0 Å². The summed E-state index contributed by atoms with van der Waals surface area (Å²) in [6, 6.07) is 0. The maximum Gasteiger partial charge on any atom is 0.138 e. The van der Waals surface area contributed by atoms with Crippen LogP contribution < -0.4 is 5.32 Å². The molecule has 0 unspecified atom stereocenters. The lowest BCUT2D eigenvalue weighted by Gasteiger charge is -1.92. The molecule has 0 saturated carbocycles. The first-order valence-electron chi connectivity index (χ1n) is 2.73. The molecule has 0 aromatic carbocycles. The number of alkyl halides is 1. The highest BCUT2D eigenvalue weighted by Gasteiger charge is 1.95. The number of rotatable bonds is 4. The SMILES string of the molecule is CN/C=C\C[C@H](Cl)C=O. The Morgan fingerprint density at radius 1 is 1.78 bits per heavy atom. The lowest BCUT2D eigenvalue weighted by molar-refractivity contribution is -0.107. The van der Waals surface area contributed by atoms with Crippen LogP contribution in [0.3, 0.4) is 0 Å². The molecule has 0 saturated heterocycles. The van der Waals surface area contributed by atoms with Crippen LogP contribution in [0, 0.1) is 0 Å². The predicted octanol–water partition coefficient (Wildman–Crippen LogP) is 0.916. The number of hydrogen-bond donors (Lipinski definition) is 1. The third-order valence-electron chi connectivity index (χ3n) is 0.793. The molecule has 0 fully saturated rings. The van der Waals surface area contributed by atoms with Crippen LogP contribution in [0.5, 0.6) is 0 Å². The van der Waals surface area contributed by atoms with Crippen LogP contribution in [0.2, 0.25) is 0 Å². The molecule has 52 valence electrons. The van der Waals surface area contributed by atoms with Crippen molar-refractivity contribution in [2.45, 2.75) is 11.8 Å². The van der Waals surface area contributed by atoms with Gasteiger partial charge in [-0.2, -0.15) is 0 Å². The largest absolute Gasteiger partial charge is 0.394 e. The monoisotopic (exact) mass is 147 g/mol. The highest BCUT2D eigenvalue weighted by molar-refractivity contribution is 6.27. The lowest BCUT2D eigenvalue weighted by Crippen LogP contribution is -1.98. The fraction of sp³-hybridized carbons (Fsp3) is 0.500.